The van der Waals surface area contributed by atoms with E-state index in [1.54, 1.807) is 16.7 Å². The lowest BCUT2D eigenvalue weighted by Crippen LogP contribution is -2.16. The Morgan fingerprint density at radius 3 is 2.82 bits per heavy atom. The minimum atomic E-state index is 0.239. The highest BCUT2D eigenvalue weighted by molar-refractivity contribution is 14.1. The molecule has 0 saturated carbocycles. The topological polar surface area (TPSA) is 0 Å². The van der Waals surface area contributed by atoms with E-state index in [1.807, 2.05) is 0 Å². The fourth-order valence-electron chi connectivity index (χ4n) is 2.90. The Morgan fingerprint density at radius 2 is 2.18 bits per heavy atom. The van der Waals surface area contributed by atoms with Crippen molar-refractivity contribution in [2.45, 2.75) is 40.5 Å². The lowest BCUT2D eigenvalue weighted by molar-refractivity contribution is 0.520. The summed E-state index contributed by atoms with van der Waals surface area (Å²) < 4.78 is 1.40. The van der Waals surface area contributed by atoms with Crippen molar-refractivity contribution in [2.75, 3.05) is 0 Å². The van der Waals surface area contributed by atoms with Crippen LogP contribution in [0.15, 0.2) is 44.6 Å². The highest BCUT2D eigenvalue weighted by Gasteiger charge is 2.40. The summed E-state index contributed by atoms with van der Waals surface area (Å²) in [6, 6.07) is 0. The third-order valence-corrected chi connectivity index (χ3v) is 4.97. The predicted octanol–water partition coefficient (Wildman–Crippen LogP) is 5.57. The van der Waals surface area contributed by atoms with Crippen molar-refractivity contribution in [1.29, 1.82) is 0 Å². The highest BCUT2D eigenvalue weighted by atomic mass is 127. The Labute approximate surface area is 119 Å². The van der Waals surface area contributed by atoms with Crippen LogP contribution in [-0.2, 0) is 0 Å². The average Bonchev–Trinajstić information content (AvgIpc) is 2.47. The molecule has 2 rings (SSSR count). The molecule has 17 heavy (non-hydrogen) atoms. The first-order chi connectivity index (χ1) is 7.98. The monoisotopic (exact) mass is 340 g/mol. The molecule has 0 nitrogen and oxygen atoms in total. The summed E-state index contributed by atoms with van der Waals surface area (Å²) in [6.07, 6.45) is 11.7. The molecule has 92 valence electrons. The van der Waals surface area contributed by atoms with Crippen molar-refractivity contribution in [3.05, 3.63) is 44.6 Å². The first-order valence-corrected chi connectivity index (χ1v) is 7.51. The van der Waals surface area contributed by atoms with Gasteiger partial charge in [0.15, 0.2) is 0 Å². The van der Waals surface area contributed by atoms with Crippen LogP contribution >= 0.6 is 22.6 Å². The lowest BCUT2D eigenvalue weighted by Gasteiger charge is -2.27. The molecule has 2 aliphatic rings. The van der Waals surface area contributed by atoms with E-state index in [0.29, 0.717) is 5.92 Å². The standard InChI is InChI=1S/C16H21I/c1-5-6-7-13-11(2)16(3,4)15-10-12(17)8-9-14(13)15/h6-8,10,14H,5,9H2,1-4H3/b7-6-. The second kappa shape index (κ2) is 4.75. The molecule has 0 saturated heterocycles. The highest BCUT2D eigenvalue weighted by Crippen LogP contribution is 2.53. The summed E-state index contributed by atoms with van der Waals surface area (Å²) in [5.41, 5.74) is 4.96. The molecular weight excluding hydrogens is 319 g/mol. The SMILES string of the molecule is CC/C=C\C1=C(C)C(C)(C)C2=CC(I)=CCC21. The van der Waals surface area contributed by atoms with Gasteiger partial charge in [-0.1, -0.05) is 50.1 Å². The fraction of sp³-hybridized carbons (Fsp3) is 0.500. The summed E-state index contributed by atoms with van der Waals surface area (Å²) in [5, 5.41) is 0. The molecular formula is C16H21I. The molecule has 0 aliphatic heterocycles. The Morgan fingerprint density at radius 1 is 1.47 bits per heavy atom. The van der Waals surface area contributed by atoms with Gasteiger partial charge in [-0.05, 0) is 54.0 Å². The lowest BCUT2D eigenvalue weighted by atomic mass is 9.78. The van der Waals surface area contributed by atoms with E-state index in [4.69, 9.17) is 0 Å². The van der Waals surface area contributed by atoms with Gasteiger partial charge in [-0.15, -0.1) is 0 Å². The summed E-state index contributed by atoms with van der Waals surface area (Å²) in [6.45, 7) is 9.24. The van der Waals surface area contributed by atoms with Crippen LogP contribution < -0.4 is 0 Å². The van der Waals surface area contributed by atoms with Gasteiger partial charge in [-0.25, -0.2) is 0 Å². The number of hydrogen-bond acceptors (Lipinski definition) is 0. The Bertz CT molecular complexity index is 444. The molecule has 1 heteroatoms. The maximum atomic E-state index is 2.44. The molecule has 0 heterocycles. The second-order valence-corrected chi connectivity index (χ2v) is 6.74. The Kier molecular flexibility index (Phi) is 3.67. The molecule has 0 radical (unpaired) electrons. The van der Waals surface area contributed by atoms with Crippen LogP contribution in [0, 0.1) is 11.3 Å². The van der Waals surface area contributed by atoms with Crippen LogP contribution in [0.5, 0.6) is 0 Å². The number of halogens is 1. The van der Waals surface area contributed by atoms with Crippen molar-refractivity contribution in [2.24, 2.45) is 11.3 Å². The van der Waals surface area contributed by atoms with Gasteiger partial charge in [0.2, 0.25) is 0 Å². The van der Waals surface area contributed by atoms with E-state index >= 15 is 0 Å². The van der Waals surface area contributed by atoms with Crippen molar-refractivity contribution < 1.29 is 0 Å². The second-order valence-electron chi connectivity index (χ2n) is 5.49. The van der Waals surface area contributed by atoms with Gasteiger partial charge in [0, 0.05) is 14.9 Å². The molecule has 0 N–H and O–H groups in total. The van der Waals surface area contributed by atoms with Gasteiger partial charge in [0.25, 0.3) is 0 Å². The summed E-state index contributed by atoms with van der Waals surface area (Å²) >= 11 is 2.44. The Balaban J connectivity index is 2.46. The zero-order chi connectivity index (χ0) is 12.6. The largest absolute Gasteiger partial charge is 0.0845 e. The van der Waals surface area contributed by atoms with E-state index in [2.05, 4.69) is 74.6 Å². The number of hydrogen-bond donors (Lipinski definition) is 0. The van der Waals surface area contributed by atoms with Crippen LogP contribution in [0.2, 0.25) is 0 Å². The number of fused-ring (bicyclic) bond motifs is 1. The summed E-state index contributed by atoms with van der Waals surface area (Å²) in [4.78, 5) is 0. The molecule has 0 amide bonds. The first kappa shape index (κ1) is 13.1. The van der Waals surface area contributed by atoms with E-state index < -0.39 is 0 Å². The van der Waals surface area contributed by atoms with Crippen molar-refractivity contribution in [1.82, 2.24) is 0 Å². The maximum absolute atomic E-state index is 2.44. The molecule has 0 fully saturated rings. The van der Waals surface area contributed by atoms with Crippen LogP contribution in [0.3, 0.4) is 0 Å². The fourth-order valence-corrected chi connectivity index (χ4v) is 3.49. The molecule has 1 unspecified atom stereocenters. The van der Waals surface area contributed by atoms with Crippen molar-refractivity contribution in [3.63, 3.8) is 0 Å². The van der Waals surface area contributed by atoms with Gasteiger partial charge in [0.1, 0.15) is 0 Å². The molecule has 0 aromatic heterocycles. The average molecular weight is 340 g/mol. The zero-order valence-corrected chi connectivity index (χ0v) is 13.3. The predicted molar refractivity (Wildman–Crippen MR) is 84.2 cm³/mol. The minimum Gasteiger partial charge on any atom is -0.0845 e. The van der Waals surface area contributed by atoms with Gasteiger partial charge in [-0.3, -0.25) is 0 Å². The quantitative estimate of drug-likeness (QED) is 0.576. The molecule has 2 aliphatic carbocycles. The summed E-state index contributed by atoms with van der Waals surface area (Å²) in [5.74, 6) is 0.631. The van der Waals surface area contributed by atoms with Crippen molar-refractivity contribution in [3.8, 4) is 0 Å². The van der Waals surface area contributed by atoms with E-state index in [9.17, 15) is 0 Å². The Hall–Kier alpha value is -0.310. The minimum absolute atomic E-state index is 0.239. The van der Waals surface area contributed by atoms with Gasteiger partial charge in [0.05, 0.1) is 0 Å². The van der Waals surface area contributed by atoms with Gasteiger partial charge < -0.3 is 0 Å². The van der Waals surface area contributed by atoms with Crippen LogP contribution in [0.25, 0.3) is 0 Å². The molecule has 0 spiro atoms. The van der Waals surface area contributed by atoms with Crippen molar-refractivity contribution >= 4 is 22.6 Å². The molecule has 0 bridgehead atoms. The maximum Gasteiger partial charge on any atom is 0.00948 e. The van der Waals surface area contributed by atoms with Gasteiger partial charge in [-0.2, -0.15) is 0 Å². The molecule has 1 atom stereocenters. The van der Waals surface area contributed by atoms with E-state index in [-0.39, 0.29) is 5.41 Å². The van der Waals surface area contributed by atoms with Crippen LogP contribution in [0.1, 0.15) is 40.5 Å². The molecule has 0 aromatic carbocycles. The smallest absolute Gasteiger partial charge is 0.00948 e. The molecule has 0 aromatic rings. The van der Waals surface area contributed by atoms with E-state index in [1.165, 1.54) is 10.0 Å². The van der Waals surface area contributed by atoms with Gasteiger partial charge >= 0.3 is 0 Å². The normalized spacial score (nSPS) is 27.2. The third kappa shape index (κ3) is 2.18. The summed E-state index contributed by atoms with van der Waals surface area (Å²) in [7, 11) is 0. The first-order valence-electron chi connectivity index (χ1n) is 6.44. The number of allylic oxidation sites excluding steroid dienone is 8. The number of rotatable bonds is 2. The van der Waals surface area contributed by atoms with E-state index in [0.717, 1.165) is 6.42 Å². The zero-order valence-electron chi connectivity index (χ0n) is 11.2. The van der Waals surface area contributed by atoms with Crippen LogP contribution in [-0.4, -0.2) is 0 Å². The van der Waals surface area contributed by atoms with Crippen LogP contribution in [0.4, 0.5) is 0 Å². The third-order valence-electron chi connectivity index (χ3n) is 4.22.